The number of hydrogen-bond donors (Lipinski definition) is 0. The molecule has 0 saturated carbocycles. The molecule has 0 aliphatic carbocycles. The summed E-state index contributed by atoms with van der Waals surface area (Å²) >= 11 is 7.29. The van der Waals surface area contributed by atoms with Crippen LogP contribution in [0.25, 0.3) is 10.3 Å². The van der Waals surface area contributed by atoms with Gasteiger partial charge in [-0.2, -0.15) is 4.98 Å². The Labute approximate surface area is 113 Å². The molecule has 1 amide bonds. The van der Waals surface area contributed by atoms with Gasteiger partial charge in [0.15, 0.2) is 11.3 Å². The smallest absolute Gasteiger partial charge is 0.274 e. The summed E-state index contributed by atoms with van der Waals surface area (Å²) in [5.74, 6) is -0.0644. The van der Waals surface area contributed by atoms with E-state index in [9.17, 15) is 4.79 Å². The molecule has 3 heterocycles. The van der Waals surface area contributed by atoms with Gasteiger partial charge in [0, 0.05) is 13.1 Å². The first kappa shape index (κ1) is 11.8. The Morgan fingerprint density at radius 1 is 1.28 bits per heavy atom. The minimum Gasteiger partial charge on any atom is -0.337 e. The van der Waals surface area contributed by atoms with Gasteiger partial charge in [-0.3, -0.25) is 4.79 Å². The zero-order valence-electron chi connectivity index (χ0n) is 9.81. The molecule has 0 bridgehead atoms. The summed E-state index contributed by atoms with van der Waals surface area (Å²) in [4.78, 5) is 26.6. The van der Waals surface area contributed by atoms with Crippen molar-refractivity contribution in [3.05, 3.63) is 16.0 Å². The van der Waals surface area contributed by atoms with E-state index in [2.05, 4.69) is 15.0 Å². The number of carbonyl (C=O) groups is 1. The lowest BCUT2D eigenvalue weighted by molar-refractivity contribution is 0.0789. The van der Waals surface area contributed by atoms with Crippen molar-refractivity contribution >= 4 is 39.2 Å². The van der Waals surface area contributed by atoms with Gasteiger partial charge in [-0.15, -0.1) is 11.3 Å². The van der Waals surface area contributed by atoms with Gasteiger partial charge in [0.05, 0.1) is 5.01 Å². The molecule has 3 rings (SSSR count). The van der Waals surface area contributed by atoms with Crippen molar-refractivity contribution in [2.45, 2.75) is 19.8 Å². The van der Waals surface area contributed by atoms with Crippen LogP contribution in [0.3, 0.4) is 0 Å². The van der Waals surface area contributed by atoms with Crippen molar-refractivity contribution in [1.82, 2.24) is 19.9 Å². The van der Waals surface area contributed by atoms with Gasteiger partial charge in [-0.25, -0.2) is 9.97 Å². The standard InChI is InChI=1S/C11H11ClN4OS/c1-6-13-9-8(18-6)7(14-11(12)15-9)10(17)16-4-2-3-5-16/h2-5H2,1H3. The number of likely N-dealkylation sites (tertiary alicyclic amines) is 1. The van der Waals surface area contributed by atoms with Crippen molar-refractivity contribution in [2.75, 3.05) is 13.1 Å². The molecular formula is C11H11ClN4OS. The number of nitrogens with zero attached hydrogens (tertiary/aromatic N) is 4. The minimum atomic E-state index is -0.0644. The molecule has 18 heavy (non-hydrogen) atoms. The van der Waals surface area contributed by atoms with Gasteiger partial charge < -0.3 is 4.90 Å². The van der Waals surface area contributed by atoms with Crippen LogP contribution in [0, 0.1) is 6.92 Å². The Morgan fingerprint density at radius 3 is 2.72 bits per heavy atom. The second-order valence-electron chi connectivity index (χ2n) is 4.23. The monoisotopic (exact) mass is 282 g/mol. The quantitative estimate of drug-likeness (QED) is 0.753. The van der Waals surface area contributed by atoms with Gasteiger partial charge in [0.2, 0.25) is 5.28 Å². The van der Waals surface area contributed by atoms with Gasteiger partial charge in [0.25, 0.3) is 5.91 Å². The molecule has 2 aromatic rings. The Balaban J connectivity index is 2.11. The van der Waals surface area contributed by atoms with Gasteiger partial charge >= 0.3 is 0 Å². The molecule has 2 aromatic heterocycles. The number of hydrogen-bond acceptors (Lipinski definition) is 5. The molecule has 5 nitrogen and oxygen atoms in total. The van der Waals surface area contributed by atoms with Crippen LogP contribution in [-0.2, 0) is 0 Å². The molecule has 7 heteroatoms. The summed E-state index contributed by atoms with van der Waals surface area (Å²) in [5, 5.41) is 0.937. The van der Waals surface area contributed by atoms with E-state index in [1.807, 2.05) is 11.8 Å². The third kappa shape index (κ3) is 1.95. The second kappa shape index (κ2) is 4.44. The molecule has 0 N–H and O–H groups in total. The normalized spacial score (nSPS) is 15.6. The number of aryl methyl sites for hydroxylation is 1. The molecule has 1 fully saturated rings. The molecule has 1 aliphatic heterocycles. The van der Waals surface area contributed by atoms with Crippen molar-refractivity contribution in [3.63, 3.8) is 0 Å². The lowest BCUT2D eigenvalue weighted by Gasteiger charge is -2.14. The van der Waals surface area contributed by atoms with Crippen molar-refractivity contribution in [1.29, 1.82) is 0 Å². The fraction of sp³-hybridized carbons (Fsp3) is 0.455. The number of aromatic nitrogens is 3. The maximum absolute atomic E-state index is 12.4. The number of rotatable bonds is 1. The van der Waals surface area contributed by atoms with E-state index < -0.39 is 0 Å². The van der Waals surface area contributed by atoms with Crippen LogP contribution in [0.15, 0.2) is 0 Å². The maximum Gasteiger partial charge on any atom is 0.274 e. The van der Waals surface area contributed by atoms with Gasteiger partial charge in [-0.05, 0) is 31.4 Å². The molecular weight excluding hydrogens is 272 g/mol. The first-order chi connectivity index (χ1) is 8.65. The van der Waals surface area contributed by atoms with Crippen LogP contribution >= 0.6 is 22.9 Å². The van der Waals surface area contributed by atoms with E-state index >= 15 is 0 Å². The minimum absolute atomic E-state index is 0.0644. The largest absolute Gasteiger partial charge is 0.337 e. The van der Waals surface area contributed by atoms with Crippen molar-refractivity contribution < 1.29 is 4.79 Å². The summed E-state index contributed by atoms with van der Waals surface area (Å²) in [6.07, 6.45) is 2.10. The summed E-state index contributed by atoms with van der Waals surface area (Å²) in [5.41, 5.74) is 0.901. The topological polar surface area (TPSA) is 59.0 Å². The number of amides is 1. The zero-order chi connectivity index (χ0) is 12.7. The Hall–Kier alpha value is -1.27. The lowest BCUT2D eigenvalue weighted by Crippen LogP contribution is -2.28. The fourth-order valence-electron chi connectivity index (χ4n) is 2.12. The molecule has 1 aliphatic rings. The first-order valence-electron chi connectivity index (χ1n) is 5.75. The molecule has 0 radical (unpaired) electrons. The van der Waals surface area contributed by atoms with Gasteiger partial charge in [0.1, 0.15) is 4.70 Å². The molecule has 0 atom stereocenters. The second-order valence-corrected chi connectivity index (χ2v) is 5.77. The Kier molecular flexibility index (Phi) is 2.91. The SMILES string of the molecule is Cc1nc2nc(Cl)nc(C(=O)N3CCCC3)c2s1. The lowest BCUT2D eigenvalue weighted by atomic mass is 10.3. The zero-order valence-corrected chi connectivity index (χ0v) is 11.4. The van der Waals surface area contributed by atoms with E-state index in [0.717, 1.165) is 35.6 Å². The highest BCUT2D eigenvalue weighted by molar-refractivity contribution is 7.18. The highest BCUT2D eigenvalue weighted by Gasteiger charge is 2.24. The van der Waals surface area contributed by atoms with E-state index in [1.54, 1.807) is 0 Å². The van der Waals surface area contributed by atoms with E-state index in [4.69, 9.17) is 11.6 Å². The van der Waals surface area contributed by atoms with Crippen LogP contribution in [0.2, 0.25) is 5.28 Å². The summed E-state index contributed by atoms with van der Waals surface area (Å²) in [7, 11) is 0. The maximum atomic E-state index is 12.4. The molecule has 0 spiro atoms. The third-order valence-electron chi connectivity index (χ3n) is 2.93. The van der Waals surface area contributed by atoms with Crippen LogP contribution in [-0.4, -0.2) is 38.8 Å². The summed E-state index contributed by atoms with van der Waals surface area (Å²) in [6.45, 7) is 3.46. The van der Waals surface area contributed by atoms with Crippen molar-refractivity contribution in [2.24, 2.45) is 0 Å². The van der Waals surface area contributed by atoms with E-state index in [-0.39, 0.29) is 11.2 Å². The van der Waals surface area contributed by atoms with E-state index in [1.165, 1.54) is 11.3 Å². The number of halogens is 1. The number of fused-ring (bicyclic) bond motifs is 1. The van der Waals surface area contributed by atoms with E-state index in [0.29, 0.717) is 11.3 Å². The predicted octanol–water partition coefficient (Wildman–Crippen LogP) is 2.28. The van der Waals surface area contributed by atoms with Crippen molar-refractivity contribution in [3.8, 4) is 0 Å². The van der Waals surface area contributed by atoms with Crippen LogP contribution in [0.4, 0.5) is 0 Å². The number of thiazole rings is 1. The molecule has 1 saturated heterocycles. The Morgan fingerprint density at radius 2 is 2.00 bits per heavy atom. The molecule has 0 unspecified atom stereocenters. The predicted molar refractivity (Wildman–Crippen MR) is 70.1 cm³/mol. The average Bonchev–Trinajstić information content (AvgIpc) is 2.94. The van der Waals surface area contributed by atoms with Crippen LogP contribution < -0.4 is 0 Å². The molecule has 94 valence electrons. The highest BCUT2D eigenvalue weighted by Crippen LogP contribution is 2.26. The van der Waals surface area contributed by atoms with Crippen LogP contribution in [0.1, 0.15) is 28.3 Å². The summed E-state index contributed by atoms with van der Waals surface area (Å²) in [6, 6.07) is 0. The fourth-order valence-corrected chi connectivity index (χ4v) is 3.12. The third-order valence-corrected chi connectivity index (χ3v) is 4.07. The first-order valence-corrected chi connectivity index (χ1v) is 6.94. The van der Waals surface area contributed by atoms with Gasteiger partial charge in [-0.1, -0.05) is 0 Å². The highest BCUT2D eigenvalue weighted by atomic mass is 35.5. The average molecular weight is 283 g/mol. The molecule has 0 aromatic carbocycles. The Bertz CT molecular complexity index is 621. The van der Waals surface area contributed by atoms with Crippen LogP contribution in [0.5, 0.6) is 0 Å². The summed E-state index contributed by atoms with van der Waals surface area (Å²) < 4.78 is 0.730. The number of carbonyl (C=O) groups excluding carboxylic acids is 1.